The monoisotopic (exact) mass is 367 g/mol. The molecule has 0 radical (unpaired) electrons. The van der Waals surface area contributed by atoms with E-state index in [1.807, 2.05) is 0 Å². The molecule has 0 aromatic carbocycles. The summed E-state index contributed by atoms with van der Waals surface area (Å²) >= 11 is 4.41. The SMILES string of the molecule is Cc1cc(S(=O)(=O)N2CCC(C)C2C(=O)O)sc1Br. The highest BCUT2D eigenvalue weighted by Gasteiger charge is 2.44. The van der Waals surface area contributed by atoms with Gasteiger partial charge in [0.1, 0.15) is 10.3 Å². The minimum Gasteiger partial charge on any atom is -0.480 e. The van der Waals surface area contributed by atoms with Gasteiger partial charge in [-0.15, -0.1) is 11.3 Å². The van der Waals surface area contributed by atoms with Gasteiger partial charge in [0.05, 0.1) is 3.79 Å². The molecular formula is C11H14BrNO4S2. The van der Waals surface area contributed by atoms with Crippen molar-refractivity contribution in [2.45, 2.75) is 30.5 Å². The number of carboxylic acid groups (broad SMARTS) is 1. The van der Waals surface area contributed by atoms with E-state index in [2.05, 4.69) is 15.9 Å². The van der Waals surface area contributed by atoms with Gasteiger partial charge in [-0.05, 0) is 46.8 Å². The summed E-state index contributed by atoms with van der Waals surface area (Å²) in [7, 11) is -3.73. The molecule has 2 heterocycles. The molecule has 1 aromatic heterocycles. The van der Waals surface area contributed by atoms with Crippen LogP contribution in [0.15, 0.2) is 14.1 Å². The first-order chi connectivity index (χ1) is 8.75. The minimum atomic E-state index is -3.73. The first kappa shape index (κ1) is 15.0. The molecule has 1 saturated heterocycles. The van der Waals surface area contributed by atoms with Crippen LogP contribution in [-0.4, -0.2) is 36.4 Å². The van der Waals surface area contributed by atoms with Crippen LogP contribution in [0.4, 0.5) is 0 Å². The van der Waals surface area contributed by atoms with E-state index in [1.165, 1.54) is 0 Å². The van der Waals surface area contributed by atoms with Gasteiger partial charge in [0.2, 0.25) is 0 Å². The number of halogens is 1. The predicted octanol–water partition coefficient (Wildman–Crippen LogP) is 2.30. The van der Waals surface area contributed by atoms with Gasteiger partial charge in [0.25, 0.3) is 10.0 Å². The Kier molecular flexibility index (Phi) is 4.06. The van der Waals surface area contributed by atoms with Crippen LogP contribution in [0.5, 0.6) is 0 Å². The van der Waals surface area contributed by atoms with Gasteiger partial charge in [0, 0.05) is 6.54 Å². The van der Waals surface area contributed by atoms with E-state index >= 15 is 0 Å². The van der Waals surface area contributed by atoms with Crippen molar-refractivity contribution in [3.8, 4) is 0 Å². The number of carbonyl (C=O) groups is 1. The lowest BCUT2D eigenvalue weighted by molar-refractivity contribution is -0.141. The second-order valence-electron chi connectivity index (χ2n) is 4.69. The van der Waals surface area contributed by atoms with Gasteiger partial charge in [-0.25, -0.2) is 8.42 Å². The molecular weight excluding hydrogens is 354 g/mol. The number of thiophene rings is 1. The third kappa shape index (κ3) is 2.58. The van der Waals surface area contributed by atoms with Crippen molar-refractivity contribution in [3.05, 3.63) is 15.4 Å². The number of carboxylic acids is 1. The van der Waals surface area contributed by atoms with Crippen LogP contribution >= 0.6 is 27.3 Å². The van der Waals surface area contributed by atoms with Crippen LogP contribution in [0.3, 0.4) is 0 Å². The van der Waals surface area contributed by atoms with E-state index in [4.69, 9.17) is 0 Å². The number of aliphatic carboxylic acids is 1. The topological polar surface area (TPSA) is 74.7 Å². The summed E-state index contributed by atoms with van der Waals surface area (Å²) < 4.78 is 27.1. The summed E-state index contributed by atoms with van der Waals surface area (Å²) in [4.78, 5) is 11.3. The van der Waals surface area contributed by atoms with E-state index in [9.17, 15) is 18.3 Å². The fourth-order valence-corrected chi connectivity index (χ4v) is 6.27. The molecule has 1 aromatic rings. The van der Waals surface area contributed by atoms with E-state index < -0.39 is 22.0 Å². The summed E-state index contributed by atoms with van der Waals surface area (Å²) in [6, 6.07) is 0.609. The molecule has 1 N–H and O–H groups in total. The van der Waals surface area contributed by atoms with Gasteiger partial charge in [-0.3, -0.25) is 4.79 Å². The van der Waals surface area contributed by atoms with Crippen LogP contribution < -0.4 is 0 Å². The fraction of sp³-hybridized carbons (Fsp3) is 0.545. The number of hydrogen-bond acceptors (Lipinski definition) is 4. The lowest BCUT2D eigenvalue weighted by Gasteiger charge is -2.21. The number of nitrogens with zero attached hydrogens (tertiary/aromatic N) is 1. The normalized spacial score (nSPS) is 24.8. The standard InChI is InChI=1S/C11H14BrNO4S2/c1-6-3-4-13(9(6)11(14)15)19(16,17)8-5-7(2)10(12)18-8/h5-6,9H,3-4H2,1-2H3,(H,14,15). The Morgan fingerprint density at radius 1 is 1.58 bits per heavy atom. The van der Waals surface area contributed by atoms with Gasteiger partial charge in [0.15, 0.2) is 0 Å². The van der Waals surface area contributed by atoms with Crippen molar-refractivity contribution in [3.63, 3.8) is 0 Å². The quantitative estimate of drug-likeness (QED) is 0.889. The van der Waals surface area contributed by atoms with Crippen molar-refractivity contribution >= 4 is 43.3 Å². The Morgan fingerprint density at radius 2 is 2.21 bits per heavy atom. The molecule has 2 unspecified atom stereocenters. The largest absolute Gasteiger partial charge is 0.480 e. The third-order valence-corrected chi connectivity index (χ3v) is 7.77. The Morgan fingerprint density at radius 3 is 2.68 bits per heavy atom. The second-order valence-corrected chi connectivity index (χ2v) is 9.17. The van der Waals surface area contributed by atoms with Crippen molar-refractivity contribution < 1.29 is 18.3 Å². The first-order valence-electron chi connectivity index (χ1n) is 5.75. The maximum atomic E-state index is 12.5. The Balaban J connectivity index is 2.42. The summed E-state index contributed by atoms with van der Waals surface area (Å²) in [6.45, 7) is 3.83. The highest BCUT2D eigenvalue weighted by molar-refractivity contribution is 9.11. The van der Waals surface area contributed by atoms with Gasteiger partial charge in [-0.1, -0.05) is 6.92 Å². The summed E-state index contributed by atoms with van der Waals surface area (Å²) in [5.74, 6) is -1.25. The Labute approximate surface area is 124 Å². The molecule has 1 aliphatic heterocycles. The molecule has 106 valence electrons. The molecule has 0 bridgehead atoms. The molecule has 8 heteroatoms. The predicted molar refractivity (Wildman–Crippen MR) is 75.9 cm³/mol. The Bertz CT molecular complexity index is 591. The molecule has 0 saturated carbocycles. The molecule has 0 amide bonds. The van der Waals surface area contributed by atoms with Crippen LogP contribution in [0.2, 0.25) is 0 Å². The molecule has 2 atom stereocenters. The van der Waals surface area contributed by atoms with Crippen LogP contribution in [0.25, 0.3) is 0 Å². The number of sulfonamides is 1. The van der Waals surface area contributed by atoms with Gasteiger partial charge >= 0.3 is 5.97 Å². The van der Waals surface area contributed by atoms with E-state index in [-0.39, 0.29) is 16.7 Å². The van der Waals surface area contributed by atoms with Crippen LogP contribution in [0, 0.1) is 12.8 Å². The molecule has 0 aliphatic carbocycles. The average Bonchev–Trinajstić information content (AvgIpc) is 2.84. The van der Waals surface area contributed by atoms with Gasteiger partial charge < -0.3 is 5.11 Å². The zero-order chi connectivity index (χ0) is 14.4. The lowest BCUT2D eigenvalue weighted by Crippen LogP contribution is -2.42. The maximum absolute atomic E-state index is 12.5. The molecule has 2 rings (SSSR count). The molecule has 0 spiro atoms. The number of rotatable bonds is 3. The van der Waals surface area contributed by atoms with Crippen molar-refractivity contribution in [1.29, 1.82) is 0 Å². The minimum absolute atomic E-state index is 0.170. The smallest absolute Gasteiger partial charge is 0.322 e. The zero-order valence-corrected chi connectivity index (χ0v) is 13.7. The van der Waals surface area contributed by atoms with E-state index in [0.29, 0.717) is 6.42 Å². The van der Waals surface area contributed by atoms with E-state index in [0.717, 1.165) is 25.0 Å². The van der Waals surface area contributed by atoms with E-state index in [1.54, 1.807) is 19.9 Å². The van der Waals surface area contributed by atoms with Crippen LogP contribution in [0.1, 0.15) is 18.9 Å². The highest BCUT2D eigenvalue weighted by Crippen LogP contribution is 2.36. The molecule has 1 fully saturated rings. The summed E-state index contributed by atoms with van der Waals surface area (Å²) in [5, 5.41) is 9.21. The average molecular weight is 368 g/mol. The Hall–Kier alpha value is -0.440. The maximum Gasteiger partial charge on any atom is 0.322 e. The highest BCUT2D eigenvalue weighted by atomic mass is 79.9. The summed E-state index contributed by atoms with van der Waals surface area (Å²) in [5.41, 5.74) is 0.836. The van der Waals surface area contributed by atoms with Crippen molar-refractivity contribution in [1.82, 2.24) is 4.31 Å². The second kappa shape index (κ2) is 5.16. The van der Waals surface area contributed by atoms with Gasteiger partial charge in [-0.2, -0.15) is 4.31 Å². The molecule has 1 aliphatic rings. The van der Waals surface area contributed by atoms with Crippen molar-refractivity contribution in [2.75, 3.05) is 6.54 Å². The zero-order valence-electron chi connectivity index (χ0n) is 10.5. The third-order valence-electron chi connectivity index (χ3n) is 3.30. The van der Waals surface area contributed by atoms with Crippen molar-refractivity contribution in [2.24, 2.45) is 5.92 Å². The lowest BCUT2D eigenvalue weighted by atomic mass is 10.0. The molecule has 19 heavy (non-hydrogen) atoms. The summed E-state index contributed by atoms with van der Waals surface area (Å²) in [6.07, 6.45) is 0.571. The number of aryl methyl sites for hydroxylation is 1. The first-order valence-corrected chi connectivity index (χ1v) is 8.80. The van der Waals surface area contributed by atoms with Crippen LogP contribution in [-0.2, 0) is 14.8 Å². The fourth-order valence-electron chi connectivity index (χ4n) is 2.22. The number of hydrogen-bond donors (Lipinski definition) is 1. The molecule has 5 nitrogen and oxygen atoms in total.